The number of carbonyl (C=O) groups is 1. The number of nitrogens with zero attached hydrogens (tertiary/aromatic N) is 5. The molecule has 0 N–H and O–H groups in total. The van der Waals surface area contributed by atoms with E-state index in [1.807, 2.05) is 41.1 Å². The molecular formula is C29H31N5O4. The fourth-order valence-electron chi connectivity index (χ4n) is 4.44. The second-order valence-corrected chi connectivity index (χ2v) is 9.14. The van der Waals surface area contributed by atoms with E-state index in [9.17, 15) is 4.79 Å². The monoisotopic (exact) mass is 513 g/mol. The minimum atomic E-state index is -0.141. The Hall–Kier alpha value is -4.37. The molecule has 1 amide bonds. The van der Waals surface area contributed by atoms with E-state index in [1.165, 1.54) is 0 Å². The zero-order valence-electron chi connectivity index (χ0n) is 21.6. The zero-order valence-corrected chi connectivity index (χ0v) is 21.6. The first-order valence-corrected chi connectivity index (χ1v) is 12.5. The van der Waals surface area contributed by atoms with Crippen LogP contribution in [-0.2, 0) is 13.1 Å². The fraction of sp³-hybridized carbons (Fsp3) is 0.276. The average Bonchev–Trinajstić information content (AvgIpc) is 3.45. The highest BCUT2D eigenvalue weighted by molar-refractivity contribution is 5.96. The number of ether oxygens (including phenoxy) is 3. The lowest BCUT2D eigenvalue weighted by Gasteiger charge is -2.26. The van der Waals surface area contributed by atoms with Gasteiger partial charge in [0, 0.05) is 57.4 Å². The SMILES string of the molecule is COc1ccc(CN2CCOc3ccccc3Oc3ncccc3C(=O)N(C)CC2)cc1Cn1ccnc1. The molecule has 9 nitrogen and oxygen atoms in total. The molecule has 0 bridgehead atoms. The van der Waals surface area contributed by atoms with Gasteiger partial charge in [0.25, 0.3) is 5.91 Å². The smallest absolute Gasteiger partial charge is 0.259 e. The van der Waals surface area contributed by atoms with E-state index < -0.39 is 0 Å². The summed E-state index contributed by atoms with van der Waals surface area (Å²) in [5, 5.41) is 0. The summed E-state index contributed by atoms with van der Waals surface area (Å²) in [6, 6.07) is 17.2. The lowest BCUT2D eigenvalue weighted by Crippen LogP contribution is -2.37. The molecule has 0 saturated heterocycles. The van der Waals surface area contributed by atoms with E-state index in [2.05, 4.69) is 27.0 Å². The molecule has 0 unspecified atom stereocenters. The second-order valence-electron chi connectivity index (χ2n) is 9.14. The maximum Gasteiger partial charge on any atom is 0.259 e. The molecule has 0 fully saturated rings. The van der Waals surface area contributed by atoms with Crippen molar-refractivity contribution in [2.45, 2.75) is 13.1 Å². The van der Waals surface area contributed by atoms with Crippen LogP contribution in [0.5, 0.6) is 23.1 Å². The van der Waals surface area contributed by atoms with Crippen molar-refractivity contribution in [1.82, 2.24) is 24.3 Å². The number of benzene rings is 2. The summed E-state index contributed by atoms with van der Waals surface area (Å²) in [6.45, 7) is 3.71. The van der Waals surface area contributed by atoms with Gasteiger partial charge >= 0.3 is 0 Å². The van der Waals surface area contributed by atoms with Gasteiger partial charge in [-0.25, -0.2) is 9.97 Å². The Morgan fingerprint density at radius 2 is 1.84 bits per heavy atom. The molecule has 2 aromatic heterocycles. The van der Waals surface area contributed by atoms with Gasteiger partial charge in [-0.2, -0.15) is 0 Å². The summed E-state index contributed by atoms with van der Waals surface area (Å²) in [5.41, 5.74) is 2.64. The molecule has 1 aliphatic heterocycles. The van der Waals surface area contributed by atoms with Crippen molar-refractivity contribution in [3.05, 3.63) is 96.2 Å². The van der Waals surface area contributed by atoms with Gasteiger partial charge in [0.05, 0.1) is 20.0 Å². The Labute approximate surface area is 222 Å². The van der Waals surface area contributed by atoms with E-state index in [1.54, 1.807) is 49.9 Å². The van der Waals surface area contributed by atoms with E-state index in [4.69, 9.17) is 14.2 Å². The average molecular weight is 514 g/mol. The largest absolute Gasteiger partial charge is 0.496 e. The van der Waals surface area contributed by atoms with Crippen LogP contribution in [0.1, 0.15) is 21.5 Å². The Balaban J connectivity index is 1.39. The van der Waals surface area contributed by atoms with E-state index in [0.29, 0.717) is 56.4 Å². The Kier molecular flexibility index (Phi) is 7.84. The maximum atomic E-state index is 13.3. The number of fused-ring (bicyclic) bond motifs is 2. The van der Waals surface area contributed by atoms with Gasteiger partial charge < -0.3 is 23.7 Å². The summed E-state index contributed by atoms with van der Waals surface area (Å²) >= 11 is 0. The minimum Gasteiger partial charge on any atom is -0.496 e. The highest BCUT2D eigenvalue weighted by Gasteiger charge is 2.21. The molecule has 0 saturated carbocycles. The third-order valence-electron chi connectivity index (χ3n) is 6.48. The summed E-state index contributed by atoms with van der Waals surface area (Å²) in [4.78, 5) is 25.8. The Morgan fingerprint density at radius 3 is 2.66 bits per heavy atom. The normalized spacial score (nSPS) is 14.7. The first kappa shape index (κ1) is 25.3. The molecular weight excluding hydrogens is 482 g/mol. The molecule has 5 rings (SSSR count). The number of imidazole rings is 1. The summed E-state index contributed by atoms with van der Waals surface area (Å²) in [5.74, 6) is 2.09. The van der Waals surface area contributed by atoms with Gasteiger partial charge in [-0.15, -0.1) is 0 Å². The molecule has 196 valence electrons. The number of amides is 1. The number of aromatic nitrogens is 3. The van der Waals surface area contributed by atoms with Gasteiger partial charge in [-0.3, -0.25) is 9.69 Å². The molecule has 4 aromatic rings. The summed E-state index contributed by atoms with van der Waals surface area (Å²) in [7, 11) is 3.49. The van der Waals surface area contributed by atoms with Gasteiger partial charge in [-0.05, 0) is 42.0 Å². The Bertz CT molecular complexity index is 1380. The lowest BCUT2D eigenvalue weighted by atomic mass is 10.1. The molecule has 1 aliphatic rings. The molecule has 0 radical (unpaired) electrons. The van der Waals surface area contributed by atoms with Crippen LogP contribution in [-0.4, -0.2) is 70.6 Å². The van der Waals surface area contributed by atoms with Crippen molar-refractivity contribution in [2.75, 3.05) is 40.4 Å². The van der Waals surface area contributed by atoms with Crippen molar-refractivity contribution in [1.29, 1.82) is 0 Å². The fourth-order valence-corrected chi connectivity index (χ4v) is 4.44. The van der Waals surface area contributed by atoms with Gasteiger partial charge in [0.15, 0.2) is 11.5 Å². The number of pyridine rings is 1. The van der Waals surface area contributed by atoms with Crippen molar-refractivity contribution >= 4 is 5.91 Å². The highest BCUT2D eigenvalue weighted by atomic mass is 16.5. The number of carbonyl (C=O) groups excluding carboxylic acids is 1. The topological polar surface area (TPSA) is 82.0 Å². The number of methoxy groups -OCH3 is 1. The van der Waals surface area contributed by atoms with Crippen molar-refractivity contribution in [2.24, 2.45) is 0 Å². The van der Waals surface area contributed by atoms with Crippen molar-refractivity contribution in [3.8, 4) is 23.1 Å². The molecule has 3 heterocycles. The number of para-hydroxylation sites is 2. The molecule has 0 spiro atoms. The standard InChI is InChI=1S/C29H31N5O4/c1-32-14-15-33(19-22-9-10-25(36-2)23(18-22)20-34-13-12-30-21-34)16-17-37-26-7-3-4-8-27(26)38-28-24(29(32)35)6-5-11-31-28/h3-13,18,21H,14-17,19-20H2,1-2H3. The maximum absolute atomic E-state index is 13.3. The first-order chi connectivity index (χ1) is 18.6. The zero-order chi connectivity index (χ0) is 26.3. The van der Waals surface area contributed by atoms with E-state index in [-0.39, 0.29) is 11.8 Å². The van der Waals surface area contributed by atoms with Gasteiger partial charge in [-0.1, -0.05) is 18.2 Å². The minimum absolute atomic E-state index is 0.141. The van der Waals surface area contributed by atoms with Gasteiger partial charge in [0.1, 0.15) is 17.9 Å². The second kappa shape index (κ2) is 11.8. The highest BCUT2D eigenvalue weighted by Crippen LogP contribution is 2.32. The summed E-state index contributed by atoms with van der Waals surface area (Å²) < 4.78 is 19.8. The van der Waals surface area contributed by atoms with Crippen LogP contribution in [0.25, 0.3) is 0 Å². The van der Waals surface area contributed by atoms with Gasteiger partial charge in [0.2, 0.25) is 5.88 Å². The number of hydrogen-bond donors (Lipinski definition) is 0. The van der Waals surface area contributed by atoms with Crippen LogP contribution >= 0.6 is 0 Å². The predicted molar refractivity (Wildman–Crippen MR) is 143 cm³/mol. The first-order valence-electron chi connectivity index (χ1n) is 12.5. The molecule has 0 aliphatic carbocycles. The van der Waals surface area contributed by atoms with E-state index >= 15 is 0 Å². The number of rotatable bonds is 5. The Morgan fingerprint density at radius 1 is 0.974 bits per heavy atom. The van der Waals surface area contributed by atoms with Crippen LogP contribution in [0.4, 0.5) is 0 Å². The van der Waals surface area contributed by atoms with Crippen molar-refractivity contribution in [3.63, 3.8) is 0 Å². The summed E-state index contributed by atoms with van der Waals surface area (Å²) in [6.07, 6.45) is 7.12. The third kappa shape index (κ3) is 5.95. The van der Waals surface area contributed by atoms with Crippen LogP contribution in [0.3, 0.4) is 0 Å². The molecule has 2 aromatic carbocycles. The van der Waals surface area contributed by atoms with E-state index in [0.717, 1.165) is 16.9 Å². The van der Waals surface area contributed by atoms with Crippen LogP contribution in [0, 0.1) is 0 Å². The quantitative estimate of drug-likeness (QED) is 0.398. The van der Waals surface area contributed by atoms with Crippen LogP contribution in [0.15, 0.2) is 79.5 Å². The van der Waals surface area contributed by atoms with Crippen LogP contribution in [0.2, 0.25) is 0 Å². The number of likely N-dealkylation sites (N-methyl/N-ethyl adjacent to an activating group) is 1. The van der Waals surface area contributed by atoms with Crippen molar-refractivity contribution < 1.29 is 19.0 Å². The third-order valence-corrected chi connectivity index (χ3v) is 6.48. The predicted octanol–water partition coefficient (Wildman–Crippen LogP) is 4.09. The number of hydrogen-bond acceptors (Lipinski definition) is 7. The molecule has 38 heavy (non-hydrogen) atoms. The lowest BCUT2D eigenvalue weighted by molar-refractivity contribution is 0.0770. The molecule has 9 heteroatoms. The molecule has 0 atom stereocenters. The van der Waals surface area contributed by atoms with Crippen LogP contribution < -0.4 is 14.2 Å².